The summed E-state index contributed by atoms with van der Waals surface area (Å²) < 4.78 is 1.03. The molecule has 0 spiro atoms. The third kappa shape index (κ3) is 3.90. The van der Waals surface area contributed by atoms with Crippen molar-refractivity contribution in [3.05, 3.63) is 69.7 Å². The molecular weight excluding hydrogens is 302 g/mol. The first-order valence-corrected chi connectivity index (χ1v) is 7.14. The van der Waals surface area contributed by atoms with Crippen LogP contribution in [-0.4, -0.2) is 11.7 Å². The van der Waals surface area contributed by atoms with Gasteiger partial charge >= 0.3 is 0 Å². The molecule has 0 radical (unpaired) electrons. The predicted octanol–water partition coefficient (Wildman–Crippen LogP) is 3.58. The maximum Gasteiger partial charge on any atom is 0.0627 e. The molecule has 0 aliphatic carbocycles. The molecular formula is C16H18BrNO. The zero-order chi connectivity index (χ0) is 13.7. The smallest absolute Gasteiger partial charge is 0.0627 e. The lowest BCUT2D eigenvalue weighted by Gasteiger charge is -2.18. The van der Waals surface area contributed by atoms with Gasteiger partial charge in [0.15, 0.2) is 0 Å². The van der Waals surface area contributed by atoms with Crippen molar-refractivity contribution in [3.8, 4) is 0 Å². The van der Waals surface area contributed by atoms with E-state index in [4.69, 9.17) is 0 Å². The van der Waals surface area contributed by atoms with Crippen LogP contribution < -0.4 is 5.32 Å². The van der Waals surface area contributed by atoms with Crippen molar-refractivity contribution >= 4 is 15.9 Å². The van der Waals surface area contributed by atoms with Gasteiger partial charge in [-0.2, -0.15) is 0 Å². The van der Waals surface area contributed by atoms with Gasteiger partial charge in [-0.05, 0) is 29.7 Å². The van der Waals surface area contributed by atoms with E-state index in [0.29, 0.717) is 0 Å². The van der Waals surface area contributed by atoms with Crippen LogP contribution in [0, 0.1) is 6.92 Å². The molecule has 0 aromatic heterocycles. The van der Waals surface area contributed by atoms with Crippen LogP contribution in [0.25, 0.3) is 0 Å². The van der Waals surface area contributed by atoms with Crippen LogP contribution in [0.3, 0.4) is 0 Å². The molecule has 0 aliphatic rings. The molecule has 100 valence electrons. The van der Waals surface area contributed by atoms with Crippen LogP contribution in [0.4, 0.5) is 0 Å². The minimum Gasteiger partial charge on any atom is -0.394 e. The van der Waals surface area contributed by atoms with Crippen LogP contribution in [0.1, 0.15) is 22.7 Å². The van der Waals surface area contributed by atoms with Crippen molar-refractivity contribution in [1.82, 2.24) is 5.32 Å². The number of nitrogens with one attached hydrogen (secondary N) is 1. The highest BCUT2D eigenvalue weighted by Crippen LogP contribution is 2.24. The number of hydrogen-bond donors (Lipinski definition) is 2. The molecule has 0 heterocycles. The first-order valence-electron chi connectivity index (χ1n) is 6.35. The number of benzene rings is 2. The van der Waals surface area contributed by atoms with Crippen molar-refractivity contribution in [2.45, 2.75) is 19.5 Å². The lowest BCUT2D eigenvalue weighted by atomic mass is 10.1. The van der Waals surface area contributed by atoms with E-state index in [-0.39, 0.29) is 12.6 Å². The Labute approximate surface area is 122 Å². The van der Waals surface area contributed by atoms with Gasteiger partial charge in [-0.25, -0.2) is 0 Å². The average Bonchev–Trinajstić information content (AvgIpc) is 2.42. The Morgan fingerprint density at radius 2 is 1.89 bits per heavy atom. The first kappa shape index (κ1) is 14.3. The van der Waals surface area contributed by atoms with E-state index in [1.54, 1.807) is 0 Å². The second kappa shape index (κ2) is 6.85. The number of aryl methyl sites for hydroxylation is 1. The Hall–Kier alpha value is -1.16. The number of hydrogen-bond acceptors (Lipinski definition) is 2. The molecule has 2 nitrogen and oxygen atoms in total. The fraction of sp³-hybridized carbons (Fsp3) is 0.250. The Kier molecular flexibility index (Phi) is 5.14. The number of rotatable bonds is 5. The van der Waals surface area contributed by atoms with Crippen LogP contribution in [-0.2, 0) is 6.54 Å². The quantitative estimate of drug-likeness (QED) is 0.882. The largest absolute Gasteiger partial charge is 0.394 e. The fourth-order valence-electron chi connectivity index (χ4n) is 2.02. The summed E-state index contributed by atoms with van der Waals surface area (Å²) in [6.07, 6.45) is 0. The summed E-state index contributed by atoms with van der Waals surface area (Å²) >= 11 is 3.56. The van der Waals surface area contributed by atoms with Gasteiger partial charge in [0.25, 0.3) is 0 Å². The second-order valence-corrected chi connectivity index (χ2v) is 5.48. The van der Waals surface area contributed by atoms with Gasteiger partial charge in [-0.3, -0.25) is 0 Å². The highest BCUT2D eigenvalue weighted by Gasteiger charge is 2.12. The molecule has 0 aliphatic heterocycles. The summed E-state index contributed by atoms with van der Waals surface area (Å²) in [6.45, 7) is 2.88. The Morgan fingerprint density at radius 1 is 1.16 bits per heavy atom. The average molecular weight is 320 g/mol. The van der Waals surface area contributed by atoms with Crippen molar-refractivity contribution in [2.75, 3.05) is 6.61 Å². The Balaban J connectivity index is 2.08. The third-order valence-electron chi connectivity index (χ3n) is 3.11. The summed E-state index contributed by atoms with van der Waals surface area (Å²) in [4.78, 5) is 0. The van der Waals surface area contributed by atoms with Crippen LogP contribution in [0.2, 0.25) is 0 Å². The summed E-state index contributed by atoms with van der Waals surface area (Å²) in [5.74, 6) is 0. The summed E-state index contributed by atoms with van der Waals surface area (Å²) in [6, 6.07) is 16.3. The highest BCUT2D eigenvalue weighted by molar-refractivity contribution is 9.10. The molecule has 0 saturated carbocycles. The lowest BCUT2D eigenvalue weighted by molar-refractivity contribution is 0.243. The Morgan fingerprint density at radius 3 is 2.53 bits per heavy atom. The minimum atomic E-state index is -0.0600. The summed E-state index contributed by atoms with van der Waals surface area (Å²) in [7, 11) is 0. The van der Waals surface area contributed by atoms with Crippen molar-refractivity contribution in [3.63, 3.8) is 0 Å². The molecule has 2 aromatic rings. The van der Waals surface area contributed by atoms with Crippen molar-refractivity contribution in [1.29, 1.82) is 0 Å². The van der Waals surface area contributed by atoms with E-state index in [0.717, 1.165) is 16.6 Å². The van der Waals surface area contributed by atoms with Gasteiger partial charge in [0, 0.05) is 11.0 Å². The van der Waals surface area contributed by atoms with Gasteiger partial charge in [0.2, 0.25) is 0 Å². The molecule has 2 N–H and O–H groups in total. The molecule has 1 atom stereocenters. The van der Waals surface area contributed by atoms with Gasteiger partial charge in [-0.1, -0.05) is 58.4 Å². The normalized spacial score (nSPS) is 12.4. The molecule has 1 unspecified atom stereocenters. The second-order valence-electron chi connectivity index (χ2n) is 4.63. The van der Waals surface area contributed by atoms with E-state index in [1.165, 1.54) is 11.1 Å². The van der Waals surface area contributed by atoms with E-state index in [9.17, 15) is 5.11 Å². The summed E-state index contributed by atoms with van der Waals surface area (Å²) in [5, 5.41) is 13.0. The van der Waals surface area contributed by atoms with E-state index in [1.807, 2.05) is 18.2 Å². The van der Waals surface area contributed by atoms with Gasteiger partial charge in [-0.15, -0.1) is 0 Å². The molecule has 3 heteroatoms. The van der Waals surface area contributed by atoms with E-state index in [2.05, 4.69) is 58.5 Å². The van der Waals surface area contributed by atoms with Gasteiger partial charge in [0.05, 0.1) is 12.6 Å². The van der Waals surface area contributed by atoms with Crippen LogP contribution in [0.15, 0.2) is 53.0 Å². The Bertz CT molecular complexity index is 528. The standard InChI is InChI=1S/C16H18BrNO/c1-12-7-8-14(15(17)9-12)16(11-19)18-10-13-5-3-2-4-6-13/h2-9,16,18-19H,10-11H2,1H3. The number of aliphatic hydroxyl groups excluding tert-OH is 1. The summed E-state index contributed by atoms with van der Waals surface area (Å²) in [5.41, 5.74) is 3.50. The minimum absolute atomic E-state index is 0.0600. The monoisotopic (exact) mass is 319 g/mol. The van der Waals surface area contributed by atoms with Crippen LogP contribution >= 0.6 is 15.9 Å². The van der Waals surface area contributed by atoms with Crippen molar-refractivity contribution < 1.29 is 5.11 Å². The lowest BCUT2D eigenvalue weighted by Crippen LogP contribution is -2.24. The van der Waals surface area contributed by atoms with E-state index < -0.39 is 0 Å². The van der Waals surface area contributed by atoms with Crippen molar-refractivity contribution in [2.24, 2.45) is 0 Å². The SMILES string of the molecule is Cc1ccc(C(CO)NCc2ccccc2)c(Br)c1. The fourth-order valence-corrected chi connectivity index (χ4v) is 2.79. The molecule has 19 heavy (non-hydrogen) atoms. The van der Waals surface area contributed by atoms with E-state index >= 15 is 0 Å². The maximum atomic E-state index is 9.57. The number of halogens is 1. The molecule has 2 rings (SSSR count). The van der Waals surface area contributed by atoms with Crippen LogP contribution in [0.5, 0.6) is 0 Å². The number of aliphatic hydroxyl groups is 1. The zero-order valence-electron chi connectivity index (χ0n) is 10.9. The molecule has 0 amide bonds. The molecule has 0 fully saturated rings. The predicted molar refractivity (Wildman–Crippen MR) is 82.0 cm³/mol. The molecule has 2 aromatic carbocycles. The first-order chi connectivity index (χ1) is 9.20. The van der Waals surface area contributed by atoms with Gasteiger partial charge in [0.1, 0.15) is 0 Å². The topological polar surface area (TPSA) is 32.3 Å². The molecule has 0 bridgehead atoms. The third-order valence-corrected chi connectivity index (χ3v) is 3.80. The highest BCUT2D eigenvalue weighted by atomic mass is 79.9. The maximum absolute atomic E-state index is 9.57. The zero-order valence-corrected chi connectivity index (χ0v) is 12.5. The van der Waals surface area contributed by atoms with Gasteiger partial charge < -0.3 is 10.4 Å². The molecule has 0 saturated heterocycles.